The highest BCUT2D eigenvalue weighted by Crippen LogP contribution is 2.25. The van der Waals surface area contributed by atoms with Crippen LogP contribution < -0.4 is 0 Å². The fourth-order valence-corrected chi connectivity index (χ4v) is 3.23. The number of aromatic nitrogens is 1. The average Bonchev–Trinajstić information content (AvgIpc) is 2.85. The Kier molecular flexibility index (Phi) is 4.49. The molecule has 0 spiro atoms. The number of para-hydroxylation sites is 1. The maximum atomic E-state index is 12.1. The van der Waals surface area contributed by atoms with Crippen molar-refractivity contribution in [1.82, 2.24) is 4.57 Å². The highest BCUT2D eigenvalue weighted by Gasteiger charge is 2.11. The van der Waals surface area contributed by atoms with Crippen LogP contribution in [0, 0.1) is 0 Å². The molecule has 3 rings (SSSR count). The van der Waals surface area contributed by atoms with Crippen molar-refractivity contribution >= 4 is 38.7 Å². The minimum Gasteiger partial charge on any atom is -0.350 e. The van der Waals surface area contributed by atoms with E-state index in [1.165, 1.54) is 16.5 Å². The first-order valence-corrected chi connectivity index (χ1v) is 8.34. The SMILES string of the molecule is CC(=O)/C(=C\c1ccccc1Br)Cc1cn(C)c2ccccc12. The van der Waals surface area contributed by atoms with E-state index in [1.54, 1.807) is 6.92 Å². The molecule has 0 N–H and O–H groups in total. The highest BCUT2D eigenvalue weighted by molar-refractivity contribution is 9.10. The molecule has 0 saturated carbocycles. The molecule has 0 amide bonds. The summed E-state index contributed by atoms with van der Waals surface area (Å²) >= 11 is 3.54. The van der Waals surface area contributed by atoms with E-state index in [-0.39, 0.29) is 5.78 Å². The first-order chi connectivity index (χ1) is 11.1. The van der Waals surface area contributed by atoms with Gasteiger partial charge in [0.15, 0.2) is 5.78 Å². The zero-order valence-corrected chi connectivity index (χ0v) is 14.8. The van der Waals surface area contributed by atoms with E-state index in [1.807, 2.05) is 49.5 Å². The van der Waals surface area contributed by atoms with E-state index in [2.05, 4.69) is 38.8 Å². The number of rotatable bonds is 4. The van der Waals surface area contributed by atoms with Crippen LogP contribution in [0.25, 0.3) is 17.0 Å². The number of hydrogen-bond acceptors (Lipinski definition) is 1. The lowest BCUT2D eigenvalue weighted by atomic mass is 9.99. The maximum Gasteiger partial charge on any atom is 0.156 e. The number of fused-ring (bicyclic) bond motifs is 1. The number of halogens is 1. The Hall–Kier alpha value is -2.13. The van der Waals surface area contributed by atoms with Gasteiger partial charge in [0.2, 0.25) is 0 Å². The summed E-state index contributed by atoms with van der Waals surface area (Å²) in [6.07, 6.45) is 4.73. The van der Waals surface area contributed by atoms with Gasteiger partial charge in [-0.05, 0) is 41.8 Å². The smallest absolute Gasteiger partial charge is 0.156 e. The summed E-state index contributed by atoms with van der Waals surface area (Å²) in [5.74, 6) is 0.105. The molecular weight excluding hydrogens is 350 g/mol. The summed E-state index contributed by atoms with van der Waals surface area (Å²) in [5.41, 5.74) is 4.20. The van der Waals surface area contributed by atoms with Gasteiger partial charge in [0.1, 0.15) is 0 Å². The average molecular weight is 368 g/mol. The highest BCUT2D eigenvalue weighted by atomic mass is 79.9. The zero-order valence-electron chi connectivity index (χ0n) is 13.2. The molecule has 0 radical (unpaired) electrons. The Bertz CT molecular complexity index is 905. The Morgan fingerprint density at radius 3 is 2.57 bits per heavy atom. The fraction of sp³-hybridized carbons (Fsp3) is 0.150. The van der Waals surface area contributed by atoms with Crippen LogP contribution in [-0.2, 0) is 18.3 Å². The predicted octanol–water partition coefficient (Wildman–Crippen LogP) is 5.16. The Morgan fingerprint density at radius 1 is 1.13 bits per heavy atom. The number of carbonyl (C=O) groups excluding carboxylic acids is 1. The van der Waals surface area contributed by atoms with Crippen LogP contribution in [-0.4, -0.2) is 10.4 Å². The van der Waals surface area contributed by atoms with Gasteiger partial charge in [0.25, 0.3) is 0 Å². The van der Waals surface area contributed by atoms with E-state index in [0.717, 1.165) is 15.6 Å². The third-order valence-electron chi connectivity index (χ3n) is 4.05. The van der Waals surface area contributed by atoms with E-state index in [0.29, 0.717) is 6.42 Å². The second-order valence-corrected chi connectivity index (χ2v) is 6.56. The number of ketones is 1. The molecule has 0 fully saturated rings. The van der Waals surface area contributed by atoms with Crippen molar-refractivity contribution in [2.75, 3.05) is 0 Å². The predicted molar refractivity (Wildman–Crippen MR) is 99.4 cm³/mol. The summed E-state index contributed by atoms with van der Waals surface area (Å²) in [5, 5.41) is 1.20. The third-order valence-corrected chi connectivity index (χ3v) is 4.77. The number of benzene rings is 2. The van der Waals surface area contributed by atoms with Crippen LogP contribution in [0.1, 0.15) is 18.1 Å². The van der Waals surface area contributed by atoms with Gasteiger partial charge in [-0.15, -0.1) is 0 Å². The molecule has 1 aromatic heterocycles. The molecule has 0 bridgehead atoms. The summed E-state index contributed by atoms with van der Waals surface area (Å²) < 4.78 is 3.11. The monoisotopic (exact) mass is 367 g/mol. The molecule has 1 heterocycles. The minimum absolute atomic E-state index is 0.105. The normalized spacial score (nSPS) is 11.9. The molecule has 0 unspecified atom stereocenters. The number of carbonyl (C=O) groups is 1. The fourth-order valence-electron chi connectivity index (χ4n) is 2.83. The van der Waals surface area contributed by atoms with Crippen molar-refractivity contribution < 1.29 is 4.79 Å². The Balaban J connectivity index is 2.03. The molecular formula is C20H18BrNO. The van der Waals surface area contributed by atoms with Gasteiger partial charge in [-0.2, -0.15) is 0 Å². The van der Waals surface area contributed by atoms with Gasteiger partial charge < -0.3 is 4.57 Å². The van der Waals surface area contributed by atoms with Crippen LogP contribution in [0.5, 0.6) is 0 Å². The summed E-state index contributed by atoms with van der Waals surface area (Å²) in [4.78, 5) is 12.1. The molecule has 2 aromatic carbocycles. The first kappa shape index (κ1) is 15.8. The van der Waals surface area contributed by atoms with Gasteiger partial charge in [-0.25, -0.2) is 0 Å². The summed E-state index contributed by atoms with van der Waals surface area (Å²) in [6.45, 7) is 1.63. The molecule has 0 aliphatic heterocycles. The molecule has 0 aliphatic rings. The molecule has 3 heteroatoms. The van der Waals surface area contributed by atoms with Crippen LogP contribution in [0.15, 0.2) is 64.8 Å². The number of Topliss-reactive ketones (excluding diaryl/α,β-unsaturated/α-hetero) is 1. The van der Waals surface area contributed by atoms with Gasteiger partial charge in [-0.3, -0.25) is 4.79 Å². The Labute approximate surface area is 144 Å². The third kappa shape index (κ3) is 3.30. The van der Waals surface area contributed by atoms with E-state index in [9.17, 15) is 4.79 Å². The number of hydrogen-bond donors (Lipinski definition) is 0. The summed E-state index contributed by atoms with van der Waals surface area (Å²) in [7, 11) is 2.04. The molecule has 0 aliphatic carbocycles. The first-order valence-electron chi connectivity index (χ1n) is 7.55. The number of nitrogens with zero attached hydrogens (tertiary/aromatic N) is 1. The number of aryl methyl sites for hydroxylation is 1. The molecule has 23 heavy (non-hydrogen) atoms. The van der Waals surface area contributed by atoms with Crippen molar-refractivity contribution in [2.45, 2.75) is 13.3 Å². The number of allylic oxidation sites excluding steroid dienone is 1. The second-order valence-electron chi connectivity index (χ2n) is 5.71. The summed E-state index contributed by atoms with van der Waals surface area (Å²) in [6, 6.07) is 16.2. The lowest BCUT2D eigenvalue weighted by Crippen LogP contribution is -2.00. The van der Waals surface area contributed by atoms with E-state index in [4.69, 9.17) is 0 Å². The van der Waals surface area contributed by atoms with Crippen LogP contribution in [0.2, 0.25) is 0 Å². The quantitative estimate of drug-likeness (QED) is 0.584. The minimum atomic E-state index is 0.105. The van der Waals surface area contributed by atoms with Crippen molar-refractivity contribution in [1.29, 1.82) is 0 Å². The maximum absolute atomic E-state index is 12.1. The van der Waals surface area contributed by atoms with Gasteiger partial charge >= 0.3 is 0 Å². The molecule has 3 aromatic rings. The largest absolute Gasteiger partial charge is 0.350 e. The van der Waals surface area contributed by atoms with Crippen molar-refractivity contribution in [2.24, 2.45) is 7.05 Å². The van der Waals surface area contributed by atoms with Gasteiger partial charge in [-0.1, -0.05) is 52.3 Å². The second kappa shape index (κ2) is 6.55. The van der Waals surface area contributed by atoms with Crippen molar-refractivity contribution in [3.63, 3.8) is 0 Å². The zero-order chi connectivity index (χ0) is 16.4. The molecule has 116 valence electrons. The Morgan fingerprint density at radius 2 is 1.83 bits per heavy atom. The topological polar surface area (TPSA) is 22.0 Å². The molecule has 0 atom stereocenters. The van der Waals surface area contributed by atoms with Crippen molar-refractivity contribution in [3.8, 4) is 0 Å². The van der Waals surface area contributed by atoms with Gasteiger partial charge in [0, 0.05) is 35.0 Å². The van der Waals surface area contributed by atoms with E-state index >= 15 is 0 Å². The molecule has 2 nitrogen and oxygen atoms in total. The van der Waals surface area contributed by atoms with Gasteiger partial charge in [0.05, 0.1) is 0 Å². The van der Waals surface area contributed by atoms with E-state index < -0.39 is 0 Å². The van der Waals surface area contributed by atoms with Crippen LogP contribution in [0.3, 0.4) is 0 Å². The lowest BCUT2D eigenvalue weighted by Gasteiger charge is -2.05. The van der Waals surface area contributed by atoms with Crippen molar-refractivity contribution in [3.05, 3.63) is 75.9 Å². The molecule has 0 saturated heterocycles. The van der Waals surface area contributed by atoms with Crippen LogP contribution >= 0.6 is 15.9 Å². The standard InChI is InChI=1S/C20H18BrNO/c1-14(23)16(11-15-7-3-5-9-19(15)21)12-17-13-22(2)20-10-6-4-8-18(17)20/h3-11,13H,12H2,1-2H3/b16-11-. The van der Waals surface area contributed by atoms with Crippen LogP contribution in [0.4, 0.5) is 0 Å². The lowest BCUT2D eigenvalue weighted by molar-refractivity contribution is -0.113.